The Kier molecular flexibility index (Phi) is 5.88. The molecule has 0 bridgehead atoms. The van der Waals surface area contributed by atoms with Gasteiger partial charge in [0, 0.05) is 6.42 Å². The standard InChI is InChI=1S/C14H15Cl3N2O2S/c1-8(2)7-11(20)19-12(14(15,16)17)22-13-18-9-5-3-4-6-10(9)21-13/h3-6,8,12H,7H2,1-2H3,(H,19,20)/t12-/m1/s1. The second-order valence-electron chi connectivity index (χ2n) is 5.15. The fourth-order valence-corrected chi connectivity index (χ4v) is 3.14. The van der Waals surface area contributed by atoms with Crippen molar-refractivity contribution in [1.29, 1.82) is 0 Å². The number of nitrogens with one attached hydrogen (secondary N) is 1. The quantitative estimate of drug-likeness (QED) is 0.460. The van der Waals surface area contributed by atoms with E-state index in [0.717, 1.165) is 11.8 Å². The summed E-state index contributed by atoms with van der Waals surface area (Å²) < 4.78 is 3.90. The van der Waals surface area contributed by atoms with Gasteiger partial charge < -0.3 is 9.73 Å². The van der Waals surface area contributed by atoms with Crippen molar-refractivity contribution in [1.82, 2.24) is 10.3 Å². The number of alkyl halides is 3. The Morgan fingerprint density at radius 2 is 2.05 bits per heavy atom. The van der Waals surface area contributed by atoms with Crippen molar-refractivity contribution in [3.8, 4) is 0 Å². The van der Waals surface area contributed by atoms with Gasteiger partial charge in [-0.1, -0.05) is 60.8 Å². The van der Waals surface area contributed by atoms with Gasteiger partial charge in [0.15, 0.2) is 5.58 Å². The minimum atomic E-state index is -1.68. The van der Waals surface area contributed by atoms with E-state index >= 15 is 0 Å². The number of hydrogen-bond donors (Lipinski definition) is 1. The van der Waals surface area contributed by atoms with Gasteiger partial charge in [0.1, 0.15) is 10.9 Å². The molecule has 0 unspecified atom stereocenters. The average Bonchev–Trinajstić information content (AvgIpc) is 2.78. The van der Waals surface area contributed by atoms with Crippen LogP contribution in [0.5, 0.6) is 0 Å². The second kappa shape index (κ2) is 7.30. The Morgan fingerprint density at radius 3 is 2.64 bits per heavy atom. The highest BCUT2D eigenvalue weighted by atomic mass is 35.6. The van der Waals surface area contributed by atoms with Crippen LogP contribution in [-0.2, 0) is 4.79 Å². The van der Waals surface area contributed by atoms with Crippen molar-refractivity contribution in [3.63, 3.8) is 0 Å². The highest BCUT2D eigenvalue weighted by molar-refractivity contribution is 8.00. The number of thioether (sulfide) groups is 1. The smallest absolute Gasteiger partial charge is 0.258 e. The molecule has 1 atom stereocenters. The zero-order valence-corrected chi connectivity index (χ0v) is 15.1. The first kappa shape index (κ1) is 17.7. The SMILES string of the molecule is CC(C)CC(=O)N[C@H](Sc1nc2ccccc2o1)C(Cl)(Cl)Cl. The summed E-state index contributed by atoms with van der Waals surface area (Å²) in [6.45, 7) is 3.88. The molecule has 1 aromatic heterocycles. The molecule has 1 N–H and O–H groups in total. The van der Waals surface area contributed by atoms with Crippen molar-refractivity contribution in [3.05, 3.63) is 24.3 Å². The van der Waals surface area contributed by atoms with E-state index in [1.54, 1.807) is 6.07 Å². The molecule has 22 heavy (non-hydrogen) atoms. The van der Waals surface area contributed by atoms with Crippen molar-refractivity contribution in [2.45, 2.75) is 34.7 Å². The molecule has 0 spiro atoms. The first-order valence-corrected chi connectivity index (χ1v) is 8.65. The van der Waals surface area contributed by atoms with Gasteiger partial charge in [-0.05, 0) is 29.8 Å². The van der Waals surface area contributed by atoms with Gasteiger partial charge in [0.05, 0.1) is 0 Å². The van der Waals surface area contributed by atoms with Crippen LogP contribution >= 0.6 is 46.6 Å². The first-order chi connectivity index (χ1) is 10.3. The lowest BCUT2D eigenvalue weighted by atomic mass is 10.1. The van der Waals surface area contributed by atoms with Crippen molar-refractivity contribution in [2.24, 2.45) is 5.92 Å². The summed E-state index contributed by atoms with van der Waals surface area (Å²) in [5, 5.41) is 2.25. The molecule has 0 aliphatic heterocycles. The predicted octanol–water partition coefficient (Wildman–Crippen LogP) is 4.78. The molecule has 1 aromatic carbocycles. The molecule has 1 amide bonds. The summed E-state index contributed by atoms with van der Waals surface area (Å²) in [6.07, 6.45) is 0.353. The third kappa shape index (κ3) is 4.95. The van der Waals surface area contributed by atoms with Gasteiger partial charge >= 0.3 is 0 Å². The number of carbonyl (C=O) groups excluding carboxylic acids is 1. The minimum absolute atomic E-state index is 0.185. The Morgan fingerprint density at radius 1 is 1.36 bits per heavy atom. The van der Waals surface area contributed by atoms with E-state index in [-0.39, 0.29) is 11.8 Å². The summed E-state index contributed by atoms with van der Waals surface area (Å²) in [5.41, 5.74) is 1.35. The third-order valence-electron chi connectivity index (χ3n) is 2.68. The third-order valence-corrected chi connectivity index (χ3v) is 4.80. The van der Waals surface area contributed by atoms with Crippen LogP contribution in [0.25, 0.3) is 11.1 Å². The summed E-state index contributed by atoms with van der Waals surface area (Å²) in [6, 6.07) is 7.33. The largest absolute Gasteiger partial charge is 0.431 e. The van der Waals surface area contributed by atoms with Crippen LogP contribution in [0.2, 0.25) is 0 Å². The number of carbonyl (C=O) groups is 1. The maximum Gasteiger partial charge on any atom is 0.258 e. The molecule has 0 fully saturated rings. The number of halogens is 3. The van der Waals surface area contributed by atoms with E-state index in [1.807, 2.05) is 32.0 Å². The predicted molar refractivity (Wildman–Crippen MR) is 91.5 cm³/mol. The lowest BCUT2D eigenvalue weighted by Gasteiger charge is -2.23. The van der Waals surface area contributed by atoms with Gasteiger partial charge in [-0.3, -0.25) is 4.79 Å². The fourth-order valence-electron chi connectivity index (χ4n) is 1.76. The molecule has 120 valence electrons. The van der Waals surface area contributed by atoms with Crippen LogP contribution in [0, 0.1) is 5.92 Å². The van der Waals surface area contributed by atoms with Crippen LogP contribution in [0.3, 0.4) is 0 Å². The zero-order chi connectivity index (χ0) is 16.3. The zero-order valence-electron chi connectivity index (χ0n) is 12.0. The van der Waals surface area contributed by atoms with Gasteiger partial charge in [-0.15, -0.1) is 0 Å². The lowest BCUT2D eigenvalue weighted by Crippen LogP contribution is -2.41. The topological polar surface area (TPSA) is 55.1 Å². The van der Waals surface area contributed by atoms with Crippen molar-refractivity contribution in [2.75, 3.05) is 0 Å². The Labute approximate surface area is 147 Å². The molecular weight excluding hydrogens is 367 g/mol. The first-order valence-electron chi connectivity index (χ1n) is 6.64. The van der Waals surface area contributed by atoms with E-state index in [1.165, 1.54) is 0 Å². The highest BCUT2D eigenvalue weighted by Gasteiger charge is 2.36. The van der Waals surface area contributed by atoms with Gasteiger partial charge in [0.2, 0.25) is 9.70 Å². The van der Waals surface area contributed by atoms with E-state index in [0.29, 0.717) is 22.7 Å². The van der Waals surface area contributed by atoms with Gasteiger partial charge in [0.25, 0.3) is 5.22 Å². The molecule has 0 saturated heterocycles. The van der Waals surface area contributed by atoms with Crippen molar-refractivity contribution < 1.29 is 9.21 Å². The second-order valence-corrected chi connectivity index (χ2v) is 8.58. The molecule has 0 saturated carbocycles. The van der Waals surface area contributed by atoms with E-state index < -0.39 is 9.17 Å². The number of amides is 1. The molecule has 0 radical (unpaired) electrons. The summed E-state index contributed by atoms with van der Waals surface area (Å²) in [7, 11) is 0. The van der Waals surface area contributed by atoms with Crippen LogP contribution in [0.15, 0.2) is 33.9 Å². The molecular formula is C14H15Cl3N2O2S. The van der Waals surface area contributed by atoms with Crippen LogP contribution in [0.4, 0.5) is 0 Å². The number of benzene rings is 1. The monoisotopic (exact) mass is 380 g/mol. The molecule has 8 heteroatoms. The number of aromatic nitrogens is 1. The number of oxazole rings is 1. The Bertz CT molecular complexity index is 622. The molecule has 0 aliphatic rings. The van der Waals surface area contributed by atoms with Crippen LogP contribution in [-0.4, -0.2) is 20.1 Å². The lowest BCUT2D eigenvalue weighted by molar-refractivity contribution is -0.121. The Balaban J connectivity index is 2.14. The van der Waals surface area contributed by atoms with E-state index in [4.69, 9.17) is 39.2 Å². The van der Waals surface area contributed by atoms with Gasteiger partial charge in [-0.2, -0.15) is 0 Å². The number of para-hydroxylation sites is 2. The minimum Gasteiger partial charge on any atom is -0.431 e. The highest BCUT2D eigenvalue weighted by Crippen LogP contribution is 2.39. The average molecular weight is 382 g/mol. The van der Waals surface area contributed by atoms with Gasteiger partial charge in [-0.25, -0.2) is 4.98 Å². The fraction of sp³-hybridized carbons (Fsp3) is 0.429. The van der Waals surface area contributed by atoms with E-state index in [9.17, 15) is 4.79 Å². The molecule has 4 nitrogen and oxygen atoms in total. The Hall–Kier alpha value is -0.620. The van der Waals surface area contributed by atoms with E-state index in [2.05, 4.69) is 10.3 Å². The molecule has 2 aromatic rings. The van der Waals surface area contributed by atoms with Crippen molar-refractivity contribution >= 4 is 63.6 Å². The van der Waals surface area contributed by atoms with Crippen LogP contribution in [0.1, 0.15) is 20.3 Å². The normalized spacial score (nSPS) is 13.5. The molecule has 0 aliphatic carbocycles. The number of rotatable bonds is 5. The van der Waals surface area contributed by atoms with Crippen LogP contribution < -0.4 is 5.32 Å². The summed E-state index contributed by atoms with van der Waals surface area (Å²) in [5.74, 6) is 0.0280. The number of fused-ring (bicyclic) bond motifs is 1. The summed E-state index contributed by atoms with van der Waals surface area (Å²) >= 11 is 18.9. The summed E-state index contributed by atoms with van der Waals surface area (Å²) in [4.78, 5) is 16.2. The molecule has 2 rings (SSSR count). The molecule has 1 heterocycles. The number of hydrogen-bond acceptors (Lipinski definition) is 4. The maximum absolute atomic E-state index is 11.9. The number of nitrogens with zero attached hydrogens (tertiary/aromatic N) is 1. The maximum atomic E-state index is 11.9.